The minimum Gasteiger partial charge on any atom is -0.493 e. The quantitative estimate of drug-likeness (QED) is 0.449. The van der Waals surface area contributed by atoms with Crippen molar-refractivity contribution in [1.82, 2.24) is 4.98 Å². The number of hydrogen-bond donors (Lipinski definition) is 1. The van der Waals surface area contributed by atoms with Gasteiger partial charge in [0.15, 0.2) is 0 Å². The molecule has 1 aromatic heterocycles. The Balaban J connectivity index is 2.14. The van der Waals surface area contributed by atoms with Gasteiger partial charge in [-0.15, -0.1) is 0 Å². The number of pyridine rings is 1. The molecule has 1 amide bonds. The van der Waals surface area contributed by atoms with Gasteiger partial charge >= 0.3 is 11.8 Å². The maximum absolute atomic E-state index is 12.7. The molecule has 2 heterocycles. The smallest absolute Gasteiger partial charge is 0.414 e. The van der Waals surface area contributed by atoms with Crippen molar-refractivity contribution in [2.45, 2.75) is 19.9 Å². The Morgan fingerprint density at radius 2 is 2.17 bits per heavy atom. The second-order valence-electron chi connectivity index (χ2n) is 6.32. The minimum absolute atomic E-state index is 0.00197. The summed E-state index contributed by atoms with van der Waals surface area (Å²) >= 11 is 0. The second kappa shape index (κ2) is 9.59. The van der Waals surface area contributed by atoms with E-state index in [9.17, 15) is 14.9 Å². The number of nitrogens with two attached hydrogens (primary N) is 1. The van der Waals surface area contributed by atoms with E-state index in [1.54, 1.807) is 37.3 Å². The SMILES string of the molecule is CCOC(=O)N1Cc2cccc(c2)OCC/C=C/COc2cc1c([N+](=O)[O-])c(N)n2. The maximum Gasteiger partial charge on any atom is 0.414 e. The number of carbonyl (C=O) groups excluding carboxylic acids is 1. The highest BCUT2D eigenvalue weighted by atomic mass is 16.6. The monoisotopic (exact) mass is 414 g/mol. The maximum atomic E-state index is 12.7. The standard InChI is InChI=1S/C20H22N4O6/c1-2-28-20(25)23-13-14-7-6-8-15(11-14)29-9-4-3-5-10-30-17-12-16(23)18(24(26)27)19(21)22-17/h3,5-8,11-12H,2,4,9-10,13H2,1H3,(H2,21,22)/b5-3+. The molecule has 0 fully saturated rings. The zero-order valence-electron chi connectivity index (χ0n) is 16.4. The van der Waals surface area contributed by atoms with Crippen molar-refractivity contribution in [3.05, 3.63) is 58.2 Å². The molecule has 0 saturated heterocycles. The highest BCUT2D eigenvalue weighted by molar-refractivity contribution is 5.92. The predicted molar refractivity (Wildman–Crippen MR) is 110 cm³/mol. The third kappa shape index (κ3) is 4.96. The average molecular weight is 414 g/mol. The highest BCUT2D eigenvalue weighted by Crippen LogP contribution is 2.37. The number of nitrogens with zero attached hydrogens (tertiary/aromatic N) is 3. The van der Waals surface area contributed by atoms with Gasteiger partial charge in [-0.05, 0) is 31.0 Å². The molecular formula is C20H22N4O6. The molecule has 30 heavy (non-hydrogen) atoms. The summed E-state index contributed by atoms with van der Waals surface area (Å²) in [5.74, 6) is 0.333. The molecular weight excluding hydrogens is 392 g/mol. The molecule has 0 spiro atoms. The first kappa shape index (κ1) is 20.9. The fraction of sp³-hybridized carbons (Fsp3) is 0.300. The molecule has 1 aliphatic rings. The van der Waals surface area contributed by atoms with Gasteiger partial charge in [0.05, 0.1) is 24.7 Å². The molecule has 4 bridgehead atoms. The number of amides is 1. The second-order valence-corrected chi connectivity index (χ2v) is 6.32. The number of rotatable bonds is 2. The third-order valence-electron chi connectivity index (χ3n) is 4.22. The third-order valence-corrected chi connectivity index (χ3v) is 4.22. The molecule has 0 radical (unpaired) electrons. The van der Waals surface area contributed by atoms with Crippen LogP contribution in [-0.2, 0) is 11.3 Å². The molecule has 0 aliphatic carbocycles. The van der Waals surface area contributed by atoms with Gasteiger partial charge in [-0.25, -0.2) is 4.79 Å². The normalized spacial score (nSPS) is 15.0. The molecule has 1 aliphatic heterocycles. The molecule has 0 saturated carbocycles. The van der Waals surface area contributed by atoms with Crippen LogP contribution in [0, 0.1) is 10.1 Å². The number of aromatic nitrogens is 1. The number of benzene rings is 1. The first-order valence-electron chi connectivity index (χ1n) is 9.38. The summed E-state index contributed by atoms with van der Waals surface area (Å²) in [6.45, 7) is 2.39. The molecule has 10 nitrogen and oxygen atoms in total. The van der Waals surface area contributed by atoms with Crippen LogP contribution in [0.4, 0.5) is 22.0 Å². The van der Waals surface area contributed by atoms with Crippen LogP contribution in [0.25, 0.3) is 0 Å². The van der Waals surface area contributed by atoms with Crippen LogP contribution in [0.3, 0.4) is 0 Å². The number of carbonyl (C=O) groups is 1. The van der Waals surface area contributed by atoms with Crippen molar-refractivity contribution < 1.29 is 23.9 Å². The van der Waals surface area contributed by atoms with Gasteiger partial charge in [0.25, 0.3) is 0 Å². The van der Waals surface area contributed by atoms with Crippen LogP contribution in [0.15, 0.2) is 42.5 Å². The van der Waals surface area contributed by atoms with E-state index in [2.05, 4.69) is 4.98 Å². The highest BCUT2D eigenvalue weighted by Gasteiger charge is 2.30. The van der Waals surface area contributed by atoms with Gasteiger partial charge in [-0.2, -0.15) is 4.98 Å². The number of nitro groups is 1. The molecule has 1 aromatic carbocycles. The summed E-state index contributed by atoms with van der Waals surface area (Å²) in [5, 5.41) is 11.7. The van der Waals surface area contributed by atoms with Gasteiger partial charge in [-0.1, -0.05) is 24.3 Å². The largest absolute Gasteiger partial charge is 0.493 e. The molecule has 158 valence electrons. The summed E-state index contributed by atoms with van der Waals surface area (Å²) < 4.78 is 16.4. The Morgan fingerprint density at radius 3 is 2.93 bits per heavy atom. The lowest BCUT2D eigenvalue weighted by molar-refractivity contribution is -0.383. The predicted octanol–water partition coefficient (Wildman–Crippen LogP) is 3.45. The van der Waals surface area contributed by atoms with E-state index in [0.29, 0.717) is 24.3 Å². The van der Waals surface area contributed by atoms with Gasteiger partial charge < -0.3 is 19.9 Å². The zero-order valence-corrected chi connectivity index (χ0v) is 16.4. The number of anilines is 2. The topological polar surface area (TPSA) is 130 Å². The number of nitrogen functional groups attached to an aromatic ring is 1. The summed E-state index contributed by atoms with van der Waals surface area (Å²) in [5.41, 5.74) is 5.97. The van der Waals surface area contributed by atoms with Crippen molar-refractivity contribution in [2.24, 2.45) is 0 Å². The Kier molecular flexibility index (Phi) is 6.68. The molecule has 2 N–H and O–H groups in total. The molecule has 2 aromatic rings. The first-order valence-corrected chi connectivity index (χ1v) is 9.38. The van der Waals surface area contributed by atoms with Gasteiger partial charge in [0.1, 0.15) is 18.0 Å². The summed E-state index contributed by atoms with van der Waals surface area (Å²) in [7, 11) is 0. The fourth-order valence-corrected chi connectivity index (χ4v) is 2.92. The minimum atomic E-state index is -0.757. The first-order chi connectivity index (χ1) is 14.5. The van der Waals surface area contributed by atoms with E-state index in [4.69, 9.17) is 19.9 Å². The van der Waals surface area contributed by atoms with Crippen molar-refractivity contribution in [2.75, 3.05) is 30.5 Å². The molecule has 0 unspecified atom stereocenters. The number of hydrogen-bond acceptors (Lipinski definition) is 8. The van der Waals surface area contributed by atoms with E-state index in [1.165, 1.54) is 6.07 Å². The van der Waals surface area contributed by atoms with Crippen LogP contribution >= 0.6 is 0 Å². The van der Waals surface area contributed by atoms with Crippen LogP contribution in [0.5, 0.6) is 11.6 Å². The Morgan fingerprint density at radius 1 is 1.33 bits per heavy atom. The van der Waals surface area contributed by atoms with Gasteiger partial charge in [0, 0.05) is 6.07 Å². The summed E-state index contributed by atoms with van der Waals surface area (Å²) in [6, 6.07) is 8.45. The molecule has 3 rings (SSSR count). The van der Waals surface area contributed by atoms with E-state index < -0.39 is 16.7 Å². The van der Waals surface area contributed by atoms with Gasteiger partial charge in [0.2, 0.25) is 11.7 Å². The summed E-state index contributed by atoms with van der Waals surface area (Å²) in [6.07, 6.45) is 3.59. The lowest BCUT2D eigenvalue weighted by Crippen LogP contribution is -2.32. The van der Waals surface area contributed by atoms with Crippen molar-refractivity contribution in [3.63, 3.8) is 0 Å². The average Bonchev–Trinajstić information content (AvgIpc) is 2.70. The van der Waals surface area contributed by atoms with E-state index in [-0.39, 0.29) is 37.1 Å². The van der Waals surface area contributed by atoms with Crippen LogP contribution in [-0.4, -0.2) is 35.8 Å². The fourth-order valence-electron chi connectivity index (χ4n) is 2.92. The molecule has 0 atom stereocenters. The van der Waals surface area contributed by atoms with Crippen LogP contribution in [0.1, 0.15) is 18.9 Å². The Bertz CT molecular complexity index is 962. The lowest BCUT2D eigenvalue weighted by atomic mass is 10.2. The van der Waals surface area contributed by atoms with E-state index in [1.807, 2.05) is 6.08 Å². The number of fused-ring (bicyclic) bond motifs is 4. The van der Waals surface area contributed by atoms with E-state index in [0.717, 1.165) is 4.90 Å². The zero-order chi connectivity index (χ0) is 21.5. The van der Waals surface area contributed by atoms with Crippen LogP contribution < -0.4 is 20.1 Å². The lowest BCUT2D eigenvalue weighted by Gasteiger charge is -2.23. The Labute approximate surface area is 173 Å². The van der Waals surface area contributed by atoms with Crippen LogP contribution in [0.2, 0.25) is 0 Å². The Hall–Kier alpha value is -3.82. The van der Waals surface area contributed by atoms with Crippen molar-refractivity contribution in [1.29, 1.82) is 0 Å². The van der Waals surface area contributed by atoms with Crippen molar-refractivity contribution in [3.8, 4) is 11.6 Å². The number of ether oxygens (including phenoxy) is 3. The molecule has 10 heteroatoms. The van der Waals surface area contributed by atoms with Crippen molar-refractivity contribution >= 4 is 23.3 Å². The summed E-state index contributed by atoms with van der Waals surface area (Å²) in [4.78, 5) is 28.8. The van der Waals surface area contributed by atoms with E-state index >= 15 is 0 Å². The van der Waals surface area contributed by atoms with Gasteiger partial charge in [-0.3, -0.25) is 15.0 Å².